The van der Waals surface area contributed by atoms with Crippen LogP contribution in [0.2, 0.25) is 0 Å². The molecule has 0 aromatic rings. The van der Waals surface area contributed by atoms with Gasteiger partial charge in [0.25, 0.3) is 0 Å². The number of β-amino-alcohol motifs (C(OH)–C–C–N with tert-alkyl or cyclic N) is 1. The van der Waals surface area contributed by atoms with E-state index in [9.17, 15) is 5.11 Å². The van der Waals surface area contributed by atoms with Crippen LogP contribution in [-0.2, 0) is 0 Å². The Balaban J connectivity index is 2.43. The highest BCUT2D eigenvalue weighted by Gasteiger charge is 2.18. The van der Waals surface area contributed by atoms with Crippen LogP contribution in [0.4, 0.5) is 0 Å². The lowest BCUT2D eigenvalue weighted by Crippen LogP contribution is -2.35. The first-order chi connectivity index (χ1) is 5.72. The molecule has 3 nitrogen and oxygen atoms in total. The fourth-order valence-corrected chi connectivity index (χ4v) is 1.56. The van der Waals surface area contributed by atoms with Crippen molar-refractivity contribution in [2.45, 2.75) is 19.1 Å². The molecule has 70 valence electrons. The second-order valence-corrected chi connectivity index (χ2v) is 3.47. The van der Waals surface area contributed by atoms with Gasteiger partial charge in [0, 0.05) is 32.2 Å². The molecule has 2 N–H and O–H groups in total. The van der Waals surface area contributed by atoms with Crippen molar-refractivity contribution in [1.29, 1.82) is 0 Å². The van der Waals surface area contributed by atoms with Crippen molar-refractivity contribution < 1.29 is 5.11 Å². The van der Waals surface area contributed by atoms with Crippen molar-refractivity contribution in [3.05, 3.63) is 12.7 Å². The van der Waals surface area contributed by atoms with Crippen molar-refractivity contribution in [1.82, 2.24) is 10.2 Å². The van der Waals surface area contributed by atoms with Gasteiger partial charge in [-0.05, 0) is 6.92 Å². The Morgan fingerprint density at radius 1 is 1.67 bits per heavy atom. The van der Waals surface area contributed by atoms with Crippen LogP contribution >= 0.6 is 0 Å². The van der Waals surface area contributed by atoms with Gasteiger partial charge in [0.05, 0.1) is 6.10 Å². The lowest BCUT2D eigenvalue weighted by Gasteiger charge is -2.20. The predicted molar refractivity (Wildman–Crippen MR) is 50.1 cm³/mol. The van der Waals surface area contributed by atoms with Gasteiger partial charge in [0.2, 0.25) is 0 Å². The second-order valence-electron chi connectivity index (χ2n) is 3.47. The third kappa shape index (κ3) is 2.93. The van der Waals surface area contributed by atoms with Crippen molar-refractivity contribution in [3.8, 4) is 0 Å². The number of nitrogens with one attached hydrogen (secondary N) is 1. The fourth-order valence-electron chi connectivity index (χ4n) is 1.56. The highest BCUT2D eigenvalue weighted by Crippen LogP contribution is 2.00. The average Bonchev–Trinajstić information content (AvgIpc) is 2.14. The normalized spacial score (nSPS) is 32.8. The molecular formula is C9H18N2O. The minimum Gasteiger partial charge on any atom is -0.390 e. The summed E-state index contributed by atoms with van der Waals surface area (Å²) in [5.74, 6) is 0. The first kappa shape index (κ1) is 9.71. The summed E-state index contributed by atoms with van der Waals surface area (Å²) in [6.45, 7) is 9.13. The SMILES string of the molecule is C=CCN1CC(O)CNC(C)C1. The summed E-state index contributed by atoms with van der Waals surface area (Å²) < 4.78 is 0. The summed E-state index contributed by atoms with van der Waals surface area (Å²) >= 11 is 0. The van der Waals surface area contributed by atoms with E-state index in [2.05, 4.69) is 23.7 Å². The summed E-state index contributed by atoms with van der Waals surface area (Å²) in [4.78, 5) is 2.21. The predicted octanol–water partition coefficient (Wildman–Crippen LogP) is -0.173. The lowest BCUT2D eigenvalue weighted by molar-refractivity contribution is 0.136. The molecule has 0 aromatic carbocycles. The Labute approximate surface area is 74.1 Å². The van der Waals surface area contributed by atoms with E-state index in [0.717, 1.165) is 19.6 Å². The molecule has 12 heavy (non-hydrogen) atoms. The van der Waals surface area contributed by atoms with Crippen molar-refractivity contribution >= 4 is 0 Å². The minimum atomic E-state index is -0.241. The number of rotatable bonds is 2. The molecule has 2 unspecified atom stereocenters. The highest BCUT2D eigenvalue weighted by atomic mass is 16.3. The van der Waals surface area contributed by atoms with Crippen molar-refractivity contribution in [2.24, 2.45) is 0 Å². The summed E-state index contributed by atoms with van der Waals surface area (Å²) in [5.41, 5.74) is 0. The number of nitrogens with zero attached hydrogens (tertiary/aromatic N) is 1. The molecule has 0 aliphatic carbocycles. The third-order valence-corrected chi connectivity index (χ3v) is 2.09. The van der Waals surface area contributed by atoms with Crippen molar-refractivity contribution in [2.75, 3.05) is 26.2 Å². The molecule has 0 aromatic heterocycles. The molecule has 1 saturated heterocycles. The van der Waals surface area contributed by atoms with Gasteiger partial charge in [-0.3, -0.25) is 4.90 Å². The zero-order valence-corrected chi connectivity index (χ0v) is 7.66. The van der Waals surface area contributed by atoms with Gasteiger partial charge < -0.3 is 10.4 Å². The maximum absolute atomic E-state index is 9.47. The van der Waals surface area contributed by atoms with Crippen LogP contribution in [0.1, 0.15) is 6.92 Å². The van der Waals surface area contributed by atoms with Crippen LogP contribution in [0.15, 0.2) is 12.7 Å². The minimum absolute atomic E-state index is 0.241. The summed E-state index contributed by atoms with van der Waals surface area (Å²) in [5, 5.41) is 12.7. The fraction of sp³-hybridized carbons (Fsp3) is 0.778. The molecule has 0 spiro atoms. The van der Waals surface area contributed by atoms with Gasteiger partial charge in [0.15, 0.2) is 0 Å². The molecule has 1 aliphatic heterocycles. The summed E-state index contributed by atoms with van der Waals surface area (Å²) in [6.07, 6.45) is 1.64. The van der Waals surface area contributed by atoms with E-state index in [1.54, 1.807) is 0 Å². The number of hydrogen-bond acceptors (Lipinski definition) is 3. The number of aliphatic hydroxyl groups excluding tert-OH is 1. The Morgan fingerprint density at radius 2 is 2.42 bits per heavy atom. The first-order valence-corrected chi connectivity index (χ1v) is 4.47. The quantitative estimate of drug-likeness (QED) is 0.565. The van der Waals surface area contributed by atoms with Crippen LogP contribution in [0.5, 0.6) is 0 Å². The Kier molecular flexibility index (Phi) is 3.72. The largest absolute Gasteiger partial charge is 0.390 e. The van der Waals surface area contributed by atoms with E-state index in [0.29, 0.717) is 12.6 Å². The molecule has 3 heteroatoms. The van der Waals surface area contributed by atoms with E-state index >= 15 is 0 Å². The van der Waals surface area contributed by atoms with Gasteiger partial charge in [-0.15, -0.1) is 6.58 Å². The average molecular weight is 170 g/mol. The molecule has 1 aliphatic rings. The summed E-state index contributed by atoms with van der Waals surface area (Å²) in [7, 11) is 0. The first-order valence-electron chi connectivity index (χ1n) is 4.47. The van der Waals surface area contributed by atoms with Crippen LogP contribution < -0.4 is 5.32 Å². The van der Waals surface area contributed by atoms with Crippen molar-refractivity contribution in [3.63, 3.8) is 0 Å². The zero-order chi connectivity index (χ0) is 8.97. The number of aliphatic hydroxyl groups is 1. The van der Waals surface area contributed by atoms with Crippen LogP contribution in [0, 0.1) is 0 Å². The van der Waals surface area contributed by atoms with Crippen LogP contribution in [0.3, 0.4) is 0 Å². The standard InChI is InChI=1S/C9H18N2O/c1-3-4-11-6-8(2)10-5-9(12)7-11/h3,8-10,12H,1,4-7H2,2H3. The molecule has 2 atom stereocenters. The van der Waals surface area contributed by atoms with E-state index < -0.39 is 0 Å². The Hall–Kier alpha value is -0.380. The monoisotopic (exact) mass is 170 g/mol. The molecule has 0 bridgehead atoms. The second kappa shape index (κ2) is 4.60. The molecule has 0 saturated carbocycles. The van der Waals surface area contributed by atoms with Crippen LogP contribution in [0.25, 0.3) is 0 Å². The van der Waals surface area contributed by atoms with E-state index in [1.165, 1.54) is 0 Å². The van der Waals surface area contributed by atoms with Gasteiger partial charge >= 0.3 is 0 Å². The maximum Gasteiger partial charge on any atom is 0.0791 e. The number of hydrogen-bond donors (Lipinski definition) is 2. The van der Waals surface area contributed by atoms with Crippen LogP contribution in [-0.4, -0.2) is 48.3 Å². The van der Waals surface area contributed by atoms with Gasteiger partial charge in [-0.1, -0.05) is 6.08 Å². The molecule has 0 radical (unpaired) electrons. The summed E-state index contributed by atoms with van der Waals surface area (Å²) in [6, 6.07) is 0.460. The van der Waals surface area contributed by atoms with Gasteiger partial charge in [0.1, 0.15) is 0 Å². The molecular weight excluding hydrogens is 152 g/mol. The third-order valence-electron chi connectivity index (χ3n) is 2.09. The van der Waals surface area contributed by atoms with Gasteiger partial charge in [-0.25, -0.2) is 0 Å². The lowest BCUT2D eigenvalue weighted by atomic mass is 10.3. The maximum atomic E-state index is 9.47. The van der Waals surface area contributed by atoms with E-state index in [-0.39, 0.29) is 6.10 Å². The Bertz CT molecular complexity index is 137. The Morgan fingerprint density at radius 3 is 3.08 bits per heavy atom. The molecule has 1 heterocycles. The van der Waals surface area contributed by atoms with E-state index in [4.69, 9.17) is 0 Å². The van der Waals surface area contributed by atoms with Gasteiger partial charge in [-0.2, -0.15) is 0 Å². The highest BCUT2D eigenvalue weighted by molar-refractivity contribution is 4.82. The molecule has 1 fully saturated rings. The topological polar surface area (TPSA) is 35.5 Å². The molecule has 1 rings (SSSR count). The zero-order valence-electron chi connectivity index (χ0n) is 7.66. The molecule has 0 amide bonds. The smallest absolute Gasteiger partial charge is 0.0791 e. The van der Waals surface area contributed by atoms with E-state index in [1.807, 2.05) is 6.08 Å².